The zero-order valence-electron chi connectivity index (χ0n) is 14.4. The second-order valence-corrected chi connectivity index (χ2v) is 7.24. The Bertz CT molecular complexity index is 894. The Kier molecular flexibility index (Phi) is 5.13. The number of hydrogen-bond donors (Lipinski definition) is 0. The third-order valence-electron chi connectivity index (χ3n) is 4.36. The van der Waals surface area contributed by atoms with Crippen molar-refractivity contribution in [2.75, 3.05) is 6.54 Å². The smallest absolute Gasteiger partial charge is 0.268 e. The van der Waals surface area contributed by atoms with Crippen molar-refractivity contribution in [2.24, 2.45) is 12.0 Å². The lowest BCUT2D eigenvalue weighted by Crippen LogP contribution is -2.34. The van der Waals surface area contributed by atoms with Gasteiger partial charge in [-0.1, -0.05) is 30.7 Å². The molecule has 0 N–H and O–H groups in total. The monoisotopic (exact) mass is 359 g/mol. The van der Waals surface area contributed by atoms with Crippen LogP contribution in [0.15, 0.2) is 23.2 Å². The predicted octanol–water partition coefficient (Wildman–Crippen LogP) is 2.16. The van der Waals surface area contributed by atoms with E-state index in [2.05, 4.69) is 24.0 Å². The molecular weight excluding hydrogens is 338 g/mol. The normalized spacial score (nSPS) is 15.6. The topological polar surface area (TPSA) is 71.7 Å². The van der Waals surface area contributed by atoms with Gasteiger partial charge in [0.25, 0.3) is 5.91 Å². The van der Waals surface area contributed by atoms with Gasteiger partial charge in [0.15, 0.2) is 4.80 Å². The average Bonchev–Trinajstić information content (AvgIpc) is 3.06. The van der Waals surface area contributed by atoms with Crippen molar-refractivity contribution < 1.29 is 14.4 Å². The maximum atomic E-state index is 12.2. The van der Waals surface area contributed by atoms with Crippen LogP contribution in [0.25, 0.3) is 10.2 Å². The van der Waals surface area contributed by atoms with Crippen molar-refractivity contribution in [3.8, 4) is 0 Å². The summed E-state index contributed by atoms with van der Waals surface area (Å²) in [6.07, 6.45) is 3.71. The first-order chi connectivity index (χ1) is 12.0. The number of carbonyl (C=O) groups excluding carboxylic acids is 3. The van der Waals surface area contributed by atoms with Gasteiger partial charge in [0.05, 0.1) is 10.2 Å². The van der Waals surface area contributed by atoms with Gasteiger partial charge in [-0.3, -0.25) is 19.3 Å². The van der Waals surface area contributed by atoms with Crippen molar-refractivity contribution >= 4 is 39.3 Å². The van der Waals surface area contributed by atoms with Crippen LogP contribution in [0.2, 0.25) is 0 Å². The highest BCUT2D eigenvalue weighted by molar-refractivity contribution is 7.16. The van der Waals surface area contributed by atoms with Gasteiger partial charge in [0.1, 0.15) is 6.54 Å². The lowest BCUT2D eigenvalue weighted by atomic mass is 10.1. The van der Waals surface area contributed by atoms with E-state index in [1.54, 1.807) is 0 Å². The Morgan fingerprint density at radius 1 is 1.24 bits per heavy atom. The zero-order chi connectivity index (χ0) is 18.0. The average molecular weight is 359 g/mol. The van der Waals surface area contributed by atoms with Crippen LogP contribution in [0.3, 0.4) is 0 Å². The number of hydrogen-bond acceptors (Lipinski definition) is 4. The van der Waals surface area contributed by atoms with Crippen LogP contribution in [0, 0.1) is 0 Å². The molecule has 1 aliphatic heterocycles. The standard InChI is InChI=1S/C18H21N3O3S/c1-3-4-5-12-6-7-13-14(10-12)25-18(20(13)2)19-15(22)11-21-16(23)8-9-17(21)24/h6-7,10H,3-5,8-9,11H2,1-2H3. The Morgan fingerprint density at radius 2 is 1.96 bits per heavy atom. The predicted molar refractivity (Wildman–Crippen MR) is 95.9 cm³/mol. The molecule has 0 atom stereocenters. The highest BCUT2D eigenvalue weighted by Crippen LogP contribution is 2.19. The van der Waals surface area contributed by atoms with Crippen LogP contribution in [0.1, 0.15) is 38.2 Å². The number of aryl methyl sites for hydroxylation is 2. The Labute approximate surface area is 149 Å². The van der Waals surface area contributed by atoms with Crippen LogP contribution >= 0.6 is 11.3 Å². The van der Waals surface area contributed by atoms with Gasteiger partial charge in [-0.2, -0.15) is 4.99 Å². The molecule has 132 valence electrons. The summed E-state index contributed by atoms with van der Waals surface area (Å²) in [5.41, 5.74) is 2.30. The lowest BCUT2D eigenvalue weighted by Gasteiger charge is -2.09. The maximum absolute atomic E-state index is 12.2. The van der Waals surface area contributed by atoms with Crippen molar-refractivity contribution in [3.63, 3.8) is 0 Å². The van der Waals surface area contributed by atoms with E-state index in [9.17, 15) is 14.4 Å². The molecule has 1 fully saturated rings. The summed E-state index contributed by atoms with van der Waals surface area (Å²) in [4.78, 5) is 41.1. The molecule has 3 amide bonds. The zero-order valence-corrected chi connectivity index (χ0v) is 15.3. The SMILES string of the molecule is CCCCc1ccc2c(c1)sc(=NC(=O)CN1C(=O)CCC1=O)n2C. The molecule has 0 saturated carbocycles. The van der Waals surface area contributed by atoms with E-state index in [1.165, 1.54) is 16.9 Å². The minimum atomic E-state index is -0.475. The number of unbranched alkanes of at least 4 members (excludes halogenated alkanes) is 1. The Hall–Kier alpha value is -2.28. The molecule has 0 aliphatic carbocycles. The molecule has 0 unspecified atom stereocenters. The largest absolute Gasteiger partial charge is 0.319 e. The van der Waals surface area contributed by atoms with Gasteiger partial charge in [0, 0.05) is 19.9 Å². The van der Waals surface area contributed by atoms with E-state index in [1.807, 2.05) is 17.7 Å². The van der Waals surface area contributed by atoms with Crippen LogP contribution in [-0.2, 0) is 27.9 Å². The number of benzene rings is 1. The Balaban J connectivity index is 1.85. The Morgan fingerprint density at radius 3 is 2.64 bits per heavy atom. The number of carbonyl (C=O) groups is 3. The number of amides is 3. The second kappa shape index (κ2) is 7.31. The van der Waals surface area contributed by atoms with Crippen LogP contribution in [0.4, 0.5) is 0 Å². The first kappa shape index (κ1) is 17.5. The number of thiazole rings is 1. The number of rotatable bonds is 5. The molecule has 2 aromatic rings. The summed E-state index contributed by atoms with van der Waals surface area (Å²) in [7, 11) is 1.86. The second-order valence-electron chi connectivity index (χ2n) is 6.23. The molecule has 6 nitrogen and oxygen atoms in total. The molecule has 1 aliphatic rings. The third kappa shape index (κ3) is 3.71. The molecule has 0 bridgehead atoms. The van der Waals surface area contributed by atoms with E-state index in [4.69, 9.17) is 0 Å². The number of likely N-dealkylation sites (tertiary alicyclic amines) is 1. The molecule has 2 heterocycles. The summed E-state index contributed by atoms with van der Waals surface area (Å²) in [5, 5.41) is 0. The summed E-state index contributed by atoms with van der Waals surface area (Å²) < 4.78 is 2.95. The van der Waals surface area contributed by atoms with Crippen LogP contribution < -0.4 is 4.80 Å². The van der Waals surface area contributed by atoms with Crippen LogP contribution in [-0.4, -0.2) is 33.7 Å². The molecule has 0 spiro atoms. The number of imide groups is 1. The number of fused-ring (bicyclic) bond motifs is 1. The van der Waals surface area contributed by atoms with Crippen molar-refractivity contribution in [1.82, 2.24) is 9.47 Å². The number of nitrogens with zero attached hydrogens (tertiary/aromatic N) is 3. The van der Waals surface area contributed by atoms with Gasteiger partial charge >= 0.3 is 0 Å². The first-order valence-corrected chi connectivity index (χ1v) is 9.30. The van der Waals surface area contributed by atoms with E-state index in [-0.39, 0.29) is 31.2 Å². The van der Waals surface area contributed by atoms with E-state index in [0.717, 1.165) is 34.4 Å². The fourth-order valence-electron chi connectivity index (χ4n) is 2.90. The van der Waals surface area contributed by atoms with E-state index < -0.39 is 5.91 Å². The fraction of sp³-hybridized carbons (Fsp3) is 0.444. The highest BCUT2D eigenvalue weighted by Gasteiger charge is 2.30. The molecule has 0 radical (unpaired) electrons. The van der Waals surface area contributed by atoms with Crippen molar-refractivity contribution in [2.45, 2.75) is 39.0 Å². The molecule has 1 saturated heterocycles. The summed E-state index contributed by atoms with van der Waals surface area (Å²) in [6, 6.07) is 6.30. The van der Waals surface area contributed by atoms with Crippen molar-refractivity contribution in [3.05, 3.63) is 28.6 Å². The molecule has 1 aromatic carbocycles. The quantitative estimate of drug-likeness (QED) is 0.768. The first-order valence-electron chi connectivity index (χ1n) is 8.49. The summed E-state index contributed by atoms with van der Waals surface area (Å²) in [6.45, 7) is 1.90. The molecule has 7 heteroatoms. The molecule has 25 heavy (non-hydrogen) atoms. The minimum absolute atomic E-state index is 0.184. The van der Waals surface area contributed by atoms with Gasteiger partial charge in [0.2, 0.25) is 11.8 Å². The molecule has 3 rings (SSSR count). The van der Waals surface area contributed by atoms with Gasteiger partial charge < -0.3 is 4.57 Å². The third-order valence-corrected chi connectivity index (χ3v) is 5.46. The van der Waals surface area contributed by atoms with E-state index in [0.29, 0.717) is 4.80 Å². The van der Waals surface area contributed by atoms with E-state index >= 15 is 0 Å². The maximum Gasteiger partial charge on any atom is 0.268 e. The van der Waals surface area contributed by atoms with Crippen LogP contribution in [0.5, 0.6) is 0 Å². The molecular formula is C18H21N3O3S. The lowest BCUT2D eigenvalue weighted by molar-refractivity contribution is -0.141. The summed E-state index contributed by atoms with van der Waals surface area (Å²) >= 11 is 1.45. The van der Waals surface area contributed by atoms with Gasteiger partial charge in [-0.05, 0) is 30.5 Å². The minimum Gasteiger partial charge on any atom is -0.319 e. The fourth-order valence-corrected chi connectivity index (χ4v) is 4.00. The molecule has 1 aromatic heterocycles. The van der Waals surface area contributed by atoms with Gasteiger partial charge in [-0.15, -0.1) is 0 Å². The summed E-state index contributed by atoms with van der Waals surface area (Å²) in [5.74, 6) is -1.07. The van der Waals surface area contributed by atoms with Gasteiger partial charge in [-0.25, -0.2) is 0 Å². The highest BCUT2D eigenvalue weighted by atomic mass is 32.1. The van der Waals surface area contributed by atoms with Crippen molar-refractivity contribution in [1.29, 1.82) is 0 Å². The number of aromatic nitrogens is 1.